The molecule has 3 rings (SSSR count). The van der Waals surface area contributed by atoms with Crippen molar-refractivity contribution in [3.8, 4) is 11.5 Å². The van der Waals surface area contributed by atoms with Crippen LogP contribution in [0.4, 0.5) is 5.69 Å². The third kappa shape index (κ3) is 7.19. The number of anilines is 1. The Hall–Kier alpha value is -3.60. The fourth-order valence-electron chi connectivity index (χ4n) is 3.76. The van der Waals surface area contributed by atoms with Gasteiger partial charge in [0.25, 0.3) is 0 Å². The molecule has 3 aromatic rings. The average Bonchev–Trinajstić information content (AvgIpc) is 2.83. The van der Waals surface area contributed by atoms with E-state index in [2.05, 4.69) is 26.1 Å². The van der Waals surface area contributed by atoms with Crippen molar-refractivity contribution in [3.63, 3.8) is 0 Å². The lowest BCUT2D eigenvalue weighted by Crippen LogP contribution is -2.13. The van der Waals surface area contributed by atoms with Gasteiger partial charge in [0.15, 0.2) is 17.3 Å². The van der Waals surface area contributed by atoms with E-state index in [4.69, 9.17) is 9.47 Å². The molecule has 0 aliphatic heterocycles. The van der Waals surface area contributed by atoms with Crippen LogP contribution in [0.5, 0.6) is 11.5 Å². The first-order chi connectivity index (χ1) is 16.7. The van der Waals surface area contributed by atoms with Gasteiger partial charge in [-0.15, -0.1) is 0 Å². The molecule has 1 amide bonds. The van der Waals surface area contributed by atoms with Crippen LogP contribution in [-0.4, -0.2) is 24.9 Å². The summed E-state index contributed by atoms with van der Waals surface area (Å²) in [5, 5.41) is 2.91. The van der Waals surface area contributed by atoms with Gasteiger partial charge in [0.2, 0.25) is 5.91 Å². The number of ether oxygens (including phenoxy) is 2. The van der Waals surface area contributed by atoms with Gasteiger partial charge < -0.3 is 14.8 Å². The van der Waals surface area contributed by atoms with E-state index in [-0.39, 0.29) is 17.1 Å². The number of hydrogen-bond acceptors (Lipinski definition) is 4. The van der Waals surface area contributed by atoms with Crippen LogP contribution in [0.15, 0.2) is 66.7 Å². The molecule has 0 saturated carbocycles. The Morgan fingerprint density at radius 3 is 2.14 bits per heavy atom. The molecule has 184 valence electrons. The third-order valence-electron chi connectivity index (χ3n) is 5.67. The number of carbonyl (C=O) groups is 2. The highest BCUT2D eigenvalue weighted by Crippen LogP contribution is 2.29. The van der Waals surface area contributed by atoms with Crippen LogP contribution in [0.25, 0.3) is 0 Å². The molecule has 5 nitrogen and oxygen atoms in total. The summed E-state index contributed by atoms with van der Waals surface area (Å²) >= 11 is 0. The zero-order valence-electron chi connectivity index (χ0n) is 21.3. The van der Waals surface area contributed by atoms with Gasteiger partial charge >= 0.3 is 0 Å². The average molecular weight is 474 g/mol. The minimum absolute atomic E-state index is 0.0295. The zero-order valence-corrected chi connectivity index (χ0v) is 21.3. The summed E-state index contributed by atoms with van der Waals surface area (Å²) in [4.78, 5) is 25.6. The summed E-state index contributed by atoms with van der Waals surface area (Å²) in [6, 6.07) is 20.5. The summed E-state index contributed by atoms with van der Waals surface area (Å²) in [7, 11) is 0. The normalized spacial score (nSPS) is 11.1. The SMILES string of the molecule is CCOc1ccc(CCC(=O)Nc2cccc(C(=O)c3ccc(C(C)(C)C)cc3)c2)cc1OCC. The van der Waals surface area contributed by atoms with E-state index in [1.165, 1.54) is 5.56 Å². The summed E-state index contributed by atoms with van der Waals surface area (Å²) in [6.07, 6.45) is 0.878. The molecule has 0 saturated heterocycles. The second-order valence-corrected chi connectivity index (χ2v) is 9.43. The number of nitrogens with one attached hydrogen (secondary N) is 1. The number of carbonyl (C=O) groups excluding carboxylic acids is 2. The minimum atomic E-state index is -0.115. The Bertz CT molecular complexity index is 1160. The molecular formula is C30H35NO4. The topological polar surface area (TPSA) is 64.6 Å². The molecule has 0 aromatic heterocycles. The van der Waals surface area contributed by atoms with E-state index in [9.17, 15) is 9.59 Å². The van der Waals surface area contributed by atoms with Crippen molar-refractivity contribution in [2.45, 2.75) is 52.9 Å². The van der Waals surface area contributed by atoms with E-state index in [1.807, 2.05) is 56.3 Å². The monoisotopic (exact) mass is 473 g/mol. The van der Waals surface area contributed by atoms with E-state index in [0.29, 0.717) is 54.4 Å². The lowest BCUT2D eigenvalue weighted by atomic mass is 9.86. The molecule has 0 fully saturated rings. The maximum absolute atomic E-state index is 13.0. The highest BCUT2D eigenvalue weighted by Gasteiger charge is 2.16. The molecule has 3 aromatic carbocycles. The van der Waals surface area contributed by atoms with Crippen LogP contribution in [0.2, 0.25) is 0 Å². The molecule has 1 N–H and O–H groups in total. The molecule has 0 unspecified atom stereocenters. The molecule has 0 aliphatic carbocycles. The van der Waals surface area contributed by atoms with Crippen molar-refractivity contribution in [1.82, 2.24) is 0 Å². The highest BCUT2D eigenvalue weighted by molar-refractivity contribution is 6.09. The molecule has 5 heteroatoms. The van der Waals surface area contributed by atoms with E-state index in [1.54, 1.807) is 24.3 Å². The fraction of sp³-hybridized carbons (Fsp3) is 0.333. The largest absolute Gasteiger partial charge is 0.490 e. The van der Waals surface area contributed by atoms with Crippen LogP contribution < -0.4 is 14.8 Å². The Morgan fingerprint density at radius 1 is 0.800 bits per heavy atom. The first-order valence-electron chi connectivity index (χ1n) is 12.1. The van der Waals surface area contributed by atoms with Crippen molar-refractivity contribution in [3.05, 3.63) is 89.0 Å². The molecule has 0 radical (unpaired) electrons. The number of hydrogen-bond donors (Lipinski definition) is 1. The van der Waals surface area contributed by atoms with Crippen LogP contribution in [0.1, 0.15) is 68.1 Å². The standard InChI is InChI=1S/C30H35NO4/c1-6-34-26-17-11-21(19-27(26)35-7-2)12-18-28(32)31-25-10-8-9-23(20-25)29(33)22-13-15-24(16-14-22)30(3,4)5/h8-11,13-17,19-20H,6-7,12,18H2,1-5H3,(H,31,32). The number of ketones is 1. The van der Waals surface area contributed by atoms with Gasteiger partial charge in [0.05, 0.1) is 13.2 Å². The molecule has 0 spiro atoms. The molecule has 0 heterocycles. The lowest BCUT2D eigenvalue weighted by Gasteiger charge is -2.19. The maximum atomic E-state index is 13.0. The van der Waals surface area contributed by atoms with Gasteiger partial charge in [0.1, 0.15) is 0 Å². The first-order valence-corrected chi connectivity index (χ1v) is 12.1. The molecule has 0 bridgehead atoms. The lowest BCUT2D eigenvalue weighted by molar-refractivity contribution is -0.116. The number of aryl methyl sites for hydroxylation is 1. The Balaban J connectivity index is 1.63. The molecule has 0 atom stereocenters. The molecule has 35 heavy (non-hydrogen) atoms. The minimum Gasteiger partial charge on any atom is -0.490 e. The van der Waals surface area contributed by atoms with E-state index < -0.39 is 0 Å². The van der Waals surface area contributed by atoms with Crippen molar-refractivity contribution in [1.29, 1.82) is 0 Å². The first kappa shape index (κ1) is 26.0. The summed E-state index contributed by atoms with van der Waals surface area (Å²) in [5.74, 6) is 1.21. The summed E-state index contributed by atoms with van der Waals surface area (Å²) in [5.41, 5.74) is 3.97. The van der Waals surface area contributed by atoms with E-state index >= 15 is 0 Å². The zero-order chi connectivity index (χ0) is 25.4. The van der Waals surface area contributed by atoms with Crippen LogP contribution >= 0.6 is 0 Å². The van der Waals surface area contributed by atoms with Gasteiger partial charge in [-0.1, -0.05) is 63.2 Å². The molecule has 0 aliphatic rings. The highest BCUT2D eigenvalue weighted by atomic mass is 16.5. The molecular weight excluding hydrogens is 438 g/mol. The van der Waals surface area contributed by atoms with Crippen molar-refractivity contribution >= 4 is 17.4 Å². The summed E-state index contributed by atoms with van der Waals surface area (Å²) in [6.45, 7) is 11.4. The Kier molecular flexibility index (Phi) is 8.69. The van der Waals surface area contributed by atoms with Crippen LogP contribution in [0.3, 0.4) is 0 Å². The maximum Gasteiger partial charge on any atom is 0.224 e. The number of amides is 1. The van der Waals surface area contributed by atoms with Gasteiger partial charge in [-0.2, -0.15) is 0 Å². The Morgan fingerprint density at radius 2 is 1.49 bits per heavy atom. The number of rotatable bonds is 10. The number of benzene rings is 3. The van der Waals surface area contributed by atoms with Crippen LogP contribution in [0, 0.1) is 0 Å². The van der Waals surface area contributed by atoms with Gasteiger partial charge in [-0.05, 0) is 61.1 Å². The van der Waals surface area contributed by atoms with Gasteiger partial charge in [-0.25, -0.2) is 0 Å². The van der Waals surface area contributed by atoms with E-state index in [0.717, 1.165) is 5.56 Å². The quantitative estimate of drug-likeness (QED) is 0.338. The second kappa shape index (κ2) is 11.7. The summed E-state index contributed by atoms with van der Waals surface area (Å²) < 4.78 is 11.3. The smallest absolute Gasteiger partial charge is 0.224 e. The Labute approximate surface area is 208 Å². The van der Waals surface area contributed by atoms with Gasteiger partial charge in [-0.3, -0.25) is 9.59 Å². The second-order valence-electron chi connectivity index (χ2n) is 9.43. The fourth-order valence-corrected chi connectivity index (χ4v) is 3.76. The van der Waals surface area contributed by atoms with Gasteiger partial charge in [0, 0.05) is 23.2 Å². The van der Waals surface area contributed by atoms with Crippen LogP contribution in [-0.2, 0) is 16.6 Å². The third-order valence-corrected chi connectivity index (χ3v) is 5.67. The predicted molar refractivity (Wildman–Crippen MR) is 141 cm³/mol. The van der Waals surface area contributed by atoms with Crippen molar-refractivity contribution in [2.75, 3.05) is 18.5 Å². The predicted octanol–water partition coefficient (Wildman–Crippen LogP) is 6.58. The van der Waals surface area contributed by atoms with Crippen molar-refractivity contribution < 1.29 is 19.1 Å². The van der Waals surface area contributed by atoms with Crippen molar-refractivity contribution in [2.24, 2.45) is 0 Å².